The highest BCUT2D eigenvalue weighted by atomic mass is 15.1. The summed E-state index contributed by atoms with van der Waals surface area (Å²) in [6.45, 7) is 8.24. The largest absolute Gasteiger partial charge is 0.319 e. The molecule has 8 aromatic carbocycles. The first-order chi connectivity index (χ1) is 27.2. The smallest absolute Gasteiger partial charge is 0.211 e. The molecule has 0 bridgehead atoms. The van der Waals surface area contributed by atoms with Gasteiger partial charge in [0.05, 0.1) is 62.7 Å². The third kappa shape index (κ3) is 4.45. The molecule has 0 saturated heterocycles. The van der Waals surface area contributed by atoms with Gasteiger partial charge in [-0.25, -0.2) is 4.85 Å². The standard InChI is InChI=1S/C50H29N5/c1-52-42-30-34(24-27-48(42)54-44-18-8-2-12-36(44)37-13-3-9-19-45(37)54)33-22-25-35(26-23-33)53-43-17-7-6-16-40(43)41-28-32(31-51)29-49(50(41)53)55-46-20-10-4-14-38(46)39-15-5-11-21-47(39)55/h2-30H. The fourth-order valence-electron chi connectivity index (χ4n) is 8.73. The summed E-state index contributed by atoms with van der Waals surface area (Å²) in [7, 11) is 0. The molecule has 0 aliphatic heterocycles. The summed E-state index contributed by atoms with van der Waals surface area (Å²) in [5, 5.41) is 17.1. The molecule has 0 fully saturated rings. The normalized spacial score (nSPS) is 11.6. The van der Waals surface area contributed by atoms with Gasteiger partial charge in [-0.1, -0.05) is 109 Å². The highest BCUT2D eigenvalue weighted by Crippen LogP contribution is 2.41. The molecule has 3 aromatic heterocycles. The predicted molar refractivity (Wildman–Crippen MR) is 226 cm³/mol. The molecule has 0 spiro atoms. The zero-order chi connectivity index (χ0) is 36.6. The van der Waals surface area contributed by atoms with Crippen molar-refractivity contribution in [3.05, 3.63) is 193 Å². The van der Waals surface area contributed by atoms with Crippen LogP contribution in [-0.2, 0) is 0 Å². The summed E-state index contributed by atoms with van der Waals surface area (Å²) in [5.74, 6) is 0. The van der Waals surface area contributed by atoms with E-state index in [1.54, 1.807) is 0 Å². The fourth-order valence-corrected chi connectivity index (χ4v) is 8.73. The zero-order valence-electron chi connectivity index (χ0n) is 29.5. The Hall–Kier alpha value is -7.86. The Bertz CT molecular complexity index is 3350. The number of benzene rings is 8. The van der Waals surface area contributed by atoms with Gasteiger partial charge < -0.3 is 13.7 Å². The quantitative estimate of drug-likeness (QED) is 0.169. The van der Waals surface area contributed by atoms with Crippen molar-refractivity contribution in [1.29, 1.82) is 5.26 Å². The van der Waals surface area contributed by atoms with Gasteiger partial charge in [-0.15, -0.1) is 0 Å². The Morgan fingerprint density at radius 2 is 0.855 bits per heavy atom. The Balaban J connectivity index is 1.10. The van der Waals surface area contributed by atoms with E-state index in [0.29, 0.717) is 11.3 Å². The third-order valence-electron chi connectivity index (χ3n) is 11.1. The van der Waals surface area contributed by atoms with E-state index in [9.17, 15) is 5.26 Å². The van der Waals surface area contributed by atoms with Crippen molar-refractivity contribution in [3.63, 3.8) is 0 Å². The second-order valence-corrected chi connectivity index (χ2v) is 14.0. The van der Waals surface area contributed by atoms with Crippen molar-refractivity contribution in [2.75, 3.05) is 0 Å². The van der Waals surface area contributed by atoms with Gasteiger partial charge in [0.1, 0.15) is 0 Å². The average Bonchev–Trinajstić information content (AvgIpc) is 3.89. The molecule has 0 aliphatic rings. The number of para-hydroxylation sites is 5. The van der Waals surface area contributed by atoms with E-state index in [1.165, 1.54) is 21.5 Å². The van der Waals surface area contributed by atoms with Crippen LogP contribution in [0.1, 0.15) is 5.56 Å². The van der Waals surface area contributed by atoms with Crippen LogP contribution in [0.5, 0.6) is 0 Å². The molecule has 5 nitrogen and oxygen atoms in total. The van der Waals surface area contributed by atoms with Crippen LogP contribution in [0.4, 0.5) is 5.69 Å². The van der Waals surface area contributed by atoms with Crippen molar-refractivity contribution in [2.24, 2.45) is 0 Å². The van der Waals surface area contributed by atoms with E-state index in [2.05, 4.69) is 182 Å². The van der Waals surface area contributed by atoms with Gasteiger partial charge in [-0.2, -0.15) is 5.26 Å². The first-order valence-electron chi connectivity index (χ1n) is 18.3. The predicted octanol–water partition coefficient (Wildman–Crippen LogP) is 13.1. The minimum atomic E-state index is 0.597. The summed E-state index contributed by atoms with van der Waals surface area (Å²) in [6, 6.07) is 63.5. The molecular weight excluding hydrogens is 671 g/mol. The minimum Gasteiger partial charge on any atom is -0.319 e. The molecule has 0 atom stereocenters. The number of nitriles is 1. The molecule has 0 radical (unpaired) electrons. The average molecular weight is 700 g/mol. The van der Waals surface area contributed by atoms with Crippen LogP contribution < -0.4 is 0 Å². The lowest BCUT2D eigenvalue weighted by atomic mass is 10.0. The first-order valence-corrected chi connectivity index (χ1v) is 18.3. The Labute approximate surface area is 316 Å². The lowest BCUT2D eigenvalue weighted by Gasteiger charge is -2.15. The molecule has 0 aliphatic carbocycles. The van der Waals surface area contributed by atoms with Gasteiger partial charge >= 0.3 is 0 Å². The molecule has 0 amide bonds. The van der Waals surface area contributed by atoms with Crippen molar-refractivity contribution in [3.8, 4) is 34.3 Å². The number of hydrogen-bond donors (Lipinski definition) is 0. The molecular formula is C50H29N5. The zero-order valence-corrected chi connectivity index (χ0v) is 29.5. The summed E-state index contributed by atoms with van der Waals surface area (Å²) in [6.07, 6.45) is 0. The summed E-state index contributed by atoms with van der Waals surface area (Å²) < 4.78 is 6.84. The maximum atomic E-state index is 10.3. The van der Waals surface area contributed by atoms with E-state index < -0.39 is 0 Å². The van der Waals surface area contributed by atoms with Crippen molar-refractivity contribution in [1.82, 2.24) is 13.7 Å². The summed E-state index contributed by atoms with van der Waals surface area (Å²) in [4.78, 5) is 4.04. The molecule has 11 rings (SSSR count). The van der Waals surface area contributed by atoms with Gasteiger partial charge in [0.2, 0.25) is 5.69 Å². The maximum Gasteiger partial charge on any atom is 0.211 e. The van der Waals surface area contributed by atoms with Gasteiger partial charge in [-0.05, 0) is 77.9 Å². The van der Waals surface area contributed by atoms with Crippen molar-refractivity contribution < 1.29 is 0 Å². The Morgan fingerprint density at radius 1 is 0.418 bits per heavy atom. The summed E-state index contributed by atoms with van der Waals surface area (Å²) >= 11 is 0. The van der Waals surface area contributed by atoms with Crippen molar-refractivity contribution >= 4 is 71.1 Å². The second kappa shape index (κ2) is 11.8. The molecule has 55 heavy (non-hydrogen) atoms. The van der Waals surface area contributed by atoms with E-state index in [-0.39, 0.29) is 0 Å². The van der Waals surface area contributed by atoms with Crippen LogP contribution in [0, 0.1) is 17.9 Å². The van der Waals surface area contributed by atoms with Crippen LogP contribution in [0.3, 0.4) is 0 Å². The molecule has 0 unspecified atom stereocenters. The van der Waals surface area contributed by atoms with Gasteiger partial charge in [0.15, 0.2) is 0 Å². The maximum absolute atomic E-state index is 10.3. The fraction of sp³-hybridized carbons (Fsp3) is 0. The lowest BCUT2D eigenvalue weighted by molar-refractivity contribution is 1.13. The number of aromatic nitrogens is 3. The minimum absolute atomic E-state index is 0.597. The number of hydrogen-bond acceptors (Lipinski definition) is 1. The SMILES string of the molecule is [C-]#[N+]c1cc(-c2ccc(-n3c4ccccc4c4cc(C#N)cc(-n5c6ccccc6c6ccccc65)c43)cc2)ccc1-n1c2ccccc2c2ccccc21. The lowest BCUT2D eigenvalue weighted by Crippen LogP contribution is -2.01. The third-order valence-corrected chi connectivity index (χ3v) is 11.1. The molecule has 0 saturated carbocycles. The van der Waals surface area contributed by atoms with E-state index in [4.69, 9.17) is 6.57 Å². The summed E-state index contributed by atoms with van der Waals surface area (Å²) in [5.41, 5.74) is 12.5. The van der Waals surface area contributed by atoms with Crippen LogP contribution in [-0.4, -0.2) is 13.7 Å². The molecule has 0 N–H and O–H groups in total. The Kier molecular flexibility index (Phi) is 6.61. The van der Waals surface area contributed by atoms with E-state index in [1.807, 2.05) is 18.2 Å². The first kappa shape index (κ1) is 30.7. The van der Waals surface area contributed by atoms with Gasteiger partial charge in [0.25, 0.3) is 0 Å². The van der Waals surface area contributed by atoms with Gasteiger partial charge in [-0.3, -0.25) is 0 Å². The van der Waals surface area contributed by atoms with Gasteiger partial charge in [0, 0.05) is 38.0 Å². The molecule has 5 heteroatoms. The van der Waals surface area contributed by atoms with E-state index >= 15 is 0 Å². The number of fused-ring (bicyclic) bond motifs is 9. The van der Waals surface area contributed by atoms with Crippen LogP contribution in [0.15, 0.2) is 176 Å². The van der Waals surface area contributed by atoms with Crippen LogP contribution >= 0.6 is 0 Å². The van der Waals surface area contributed by atoms with E-state index in [0.717, 1.165) is 72.1 Å². The van der Waals surface area contributed by atoms with Crippen molar-refractivity contribution in [2.45, 2.75) is 0 Å². The number of rotatable bonds is 4. The topological polar surface area (TPSA) is 42.9 Å². The number of nitrogens with zero attached hydrogens (tertiary/aromatic N) is 5. The molecule has 3 heterocycles. The monoisotopic (exact) mass is 699 g/mol. The highest BCUT2D eigenvalue weighted by Gasteiger charge is 2.21. The van der Waals surface area contributed by atoms with Crippen LogP contribution in [0.25, 0.3) is 98.5 Å². The Morgan fingerprint density at radius 3 is 1.35 bits per heavy atom. The van der Waals surface area contributed by atoms with Crippen LogP contribution in [0.2, 0.25) is 0 Å². The molecule has 11 aromatic rings. The second-order valence-electron chi connectivity index (χ2n) is 14.0. The molecule has 254 valence electrons. The highest BCUT2D eigenvalue weighted by molar-refractivity contribution is 6.15.